The molecular formula is C20H21N3O2. The summed E-state index contributed by atoms with van der Waals surface area (Å²) in [6, 6.07) is 13.5. The second kappa shape index (κ2) is 6.31. The fourth-order valence-corrected chi connectivity index (χ4v) is 3.60. The highest BCUT2D eigenvalue weighted by atomic mass is 16.2. The van der Waals surface area contributed by atoms with Crippen molar-refractivity contribution in [2.24, 2.45) is 0 Å². The van der Waals surface area contributed by atoms with Crippen molar-refractivity contribution < 1.29 is 9.59 Å². The monoisotopic (exact) mass is 335 g/mol. The summed E-state index contributed by atoms with van der Waals surface area (Å²) in [6.45, 7) is 2.37. The molecule has 1 aliphatic carbocycles. The van der Waals surface area contributed by atoms with Crippen LogP contribution in [0.2, 0.25) is 0 Å². The maximum atomic E-state index is 13.0. The lowest BCUT2D eigenvalue weighted by atomic mass is 9.94. The first-order chi connectivity index (χ1) is 12.2. The van der Waals surface area contributed by atoms with Gasteiger partial charge in [-0.05, 0) is 30.5 Å². The molecule has 1 saturated carbocycles. The Morgan fingerprint density at radius 3 is 2.04 bits per heavy atom. The first-order valence-corrected chi connectivity index (χ1v) is 8.75. The number of piperazine rings is 1. The van der Waals surface area contributed by atoms with Crippen LogP contribution in [0.5, 0.6) is 0 Å². The van der Waals surface area contributed by atoms with Crippen LogP contribution >= 0.6 is 0 Å². The minimum Gasteiger partial charge on any atom is -0.338 e. The van der Waals surface area contributed by atoms with Crippen LogP contribution in [-0.2, 0) is 10.2 Å². The van der Waals surface area contributed by atoms with Crippen LogP contribution in [0.4, 0.5) is 0 Å². The third-order valence-corrected chi connectivity index (χ3v) is 5.27. The minimum absolute atomic E-state index is 0.0127. The normalized spacial score (nSPS) is 18.7. The van der Waals surface area contributed by atoms with Gasteiger partial charge in [0.1, 0.15) is 0 Å². The van der Waals surface area contributed by atoms with Crippen molar-refractivity contribution in [2.45, 2.75) is 18.3 Å². The van der Waals surface area contributed by atoms with E-state index in [-0.39, 0.29) is 17.2 Å². The molecular weight excluding hydrogens is 314 g/mol. The minimum atomic E-state index is -0.321. The summed E-state index contributed by atoms with van der Waals surface area (Å²) < 4.78 is 0. The van der Waals surface area contributed by atoms with Crippen LogP contribution in [0, 0.1) is 0 Å². The highest BCUT2D eigenvalue weighted by molar-refractivity contribution is 5.95. The van der Waals surface area contributed by atoms with Gasteiger partial charge < -0.3 is 9.80 Å². The smallest absolute Gasteiger partial charge is 0.254 e. The lowest BCUT2D eigenvalue weighted by Crippen LogP contribution is -2.53. The van der Waals surface area contributed by atoms with Crippen molar-refractivity contribution in [3.8, 4) is 0 Å². The molecule has 0 atom stereocenters. The number of benzene rings is 1. The van der Waals surface area contributed by atoms with Gasteiger partial charge in [-0.3, -0.25) is 14.6 Å². The van der Waals surface area contributed by atoms with Crippen molar-refractivity contribution in [1.82, 2.24) is 14.8 Å². The molecule has 0 N–H and O–H groups in total. The summed E-state index contributed by atoms with van der Waals surface area (Å²) in [7, 11) is 0. The number of nitrogens with zero attached hydrogens (tertiary/aromatic N) is 3. The van der Waals surface area contributed by atoms with Crippen LogP contribution in [0.3, 0.4) is 0 Å². The lowest BCUT2D eigenvalue weighted by Gasteiger charge is -2.36. The summed E-state index contributed by atoms with van der Waals surface area (Å²) in [5, 5.41) is 0. The number of pyridine rings is 1. The fourth-order valence-electron chi connectivity index (χ4n) is 3.60. The summed E-state index contributed by atoms with van der Waals surface area (Å²) in [5.74, 6) is 0.230. The Kier molecular flexibility index (Phi) is 3.99. The van der Waals surface area contributed by atoms with E-state index in [9.17, 15) is 9.59 Å². The molecule has 2 heterocycles. The Bertz CT molecular complexity index is 764. The Hall–Kier alpha value is -2.69. The number of carbonyl (C=O) groups is 2. The van der Waals surface area contributed by atoms with Crippen LogP contribution in [0.15, 0.2) is 54.9 Å². The molecule has 5 heteroatoms. The van der Waals surface area contributed by atoms with Gasteiger partial charge in [0.2, 0.25) is 5.91 Å². The van der Waals surface area contributed by atoms with Crippen molar-refractivity contribution >= 4 is 11.8 Å². The van der Waals surface area contributed by atoms with Gasteiger partial charge in [0.15, 0.2) is 0 Å². The van der Waals surface area contributed by atoms with Gasteiger partial charge in [0.05, 0.1) is 5.41 Å². The molecule has 0 radical (unpaired) electrons. The van der Waals surface area contributed by atoms with Gasteiger partial charge in [-0.15, -0.1) is 0 Å². The average Bonchev–Trinajstić information content (AvgIpc) is 3.50. The van der Waals surface area contributed by atoms with Crippen molar-refractivity contribution in [1.29, 1.82) is 0 Å². The fraction of sp³-hybridized carbons (Fsp3) is 0.350. The third-order valence-electron chi connectivity index (χ3n) is 5.27. The number of amides is 2. The molecule has 1 aliphatic heterocycles. The van der Waals surface area contributed by atoms with E-state index in [0.717, 1.165) is 18.4 Å². The quantitative estimate of drug-likeness (QED) is 0.863. The molecule has 2 fully saturated rings. The number of carbonyl (C=O) groups excluding carboxylic acids is 2. The Balaban J connectivity index is 1.41. The van der Waals surface area contributed by atoms with E-state index in [1.807, 2.05) is 40.1 Å². The van der Waals surface area contributed by atoms with Crippen LogP contribution in [0.1, 0.15) is 28.8 Å². The van der Waals surface area contributed by atoms with Gasteiger partial charge in [-0.25, -0.2) is 0 Å². The summed E-state index contributed by atoms with van der Waals surface area (Å²) >= 11 is 0. The van der Waals surface area contributed by atoms with Crippen molar-refractivity contribution in [3.05, 3.63) is 66.0 Å². The molecule has 2 aromatic rings. The van der Waals surface area contributed by atoms with E-state index in [4.69, 9.17) is 0 Å². The summed E-state index contributed by atoms with van der Waals surface area (Å²) in [6.07, 6.45) is 5.10. The van der Waals surface area contributed by atoms with Crippen LogP contribution < -0.4 is 0 Å². The van der Waals surface area contributed by atoms with E-state index in [1.54, 1.807) is 24.5 Å². The van der Waals surface area contributed by atoms with E-state index < -0.39 is 0 Å². The van der Waals surface area contributed by atoms with Gasteiger partial charge in [0, 0.05) is 44.1 Å². The average molecular weight is 335 g/mol. The van der Waals surface area contributed by atoms with E-state index in [2.05, 4.69) is 4.98 Å². The van der Waals surface area contributed by atoms with Crippen molar-refractivity contribution in [3.63, 3.8) is 0 Å². The Morgan fingerprint density at radius 2 is 1.44 bits per heavy atom. The number of hydrogen-bond donors (Lipinski definition) is 0. The zero-order valence-electron chi connectivity index (χ0n) is 14.1. The second-order valence-electron chi connectivity index (χ2n) is 6.77. The number of aromatic nitrogens is 1. The topological polar surface area (TPSA) is 53.5 Å². The predicted octanol–water partition coefficient (Wildman–Crippen LogP) is 2.10. The summed E-state index contributed by atoms with van der Waals surface area (Å²) in [4.78, 5) is 33.2. The molecule has 0 unspecified atom stereocenters. The molecule has 0 spiro atoms. The highest BCUT2D eigenvalue weighted by Gasteiger charge is 2.53. The van der Waals surface area contributed by atoms with Crippen molar-refractivity contribution in [2.75, 3.05) is 26.2 Å². The Labute approximate surface area is 147 Å². The van der Waals surface area contributed by atoms with Gasteiger partial charge in [-0.2, -0.15) is 0 Å². The highest BCUT2D eigenvalue weighted by Crippen LogP contribution is 2.49. The molecule has 25 heavy (non-hydrogen) atoms. The second-order valence-corrected chi connectivity index (χ2v) is 6.77. The zero-order chi connectivity index (χ0) is 17.3. The molecule has 1 saturated heterocycles. The maximum Gasteiger partial charge on any atom is 0.254 e. The van der Waals surface area contributed by atoms with E-state index >= 15 is 0 Å². The first-order valence-electron chi connectivity index (χ1n) is 8.75. The van der Waals surface area contributed by atoms with E-state index in [0.29, 0.717) is 31.7 Å². The number of rotatable bonds is 3. The standard InChI is InChI=1S/C20H21N3O2/c24-18(16-6-10-21-11-7-16)22-12-14-23(15-13-22)19(25)20(8-9-20)17-4-2-1-3-5-17/h1-7,10-11H,8-9,12-15H2. The predicted molar refractivity (Wildman–Crippen MR) is 94.1 cm³/mol. The zero-order valence-corrected chi connectivity index (χ0v) is 14.1. The molecule has 2 aliphatic rings. The van der Waals surface area contributed by atoms with Crippen LogP contribution in [-0.4, -0.2) is 52.8 Å². The summed E-state index contributed by atoms with van der Waals surface area (Å²) in [5.41, 5.74) is 1.45. The van der Waals surface area contributed by atoms with Gasteiger partial charge in [-0.1, -0.05) is 30.3 Å². The lowest BCUT2D eigenvalue weighted by molar-refractivity contribution is -0.135. The molecule has 128 valence electrons. The van der Waals surface area contributed by atoms with Crippen LogP contribution in [0.25, 0.3) is 0 Å². The maximum absolute atomic E-state index is 13.0. The van der Waals surface area contributed by atoms with Gasteiger partial charge in [0.25, 0.3) is 5.91 Å². The molecule has 1 aromatic heterocycles. The van der Waals surface area contributed by atoms with E-state index in [1.165, 1.54) is 0 Å². The molecule has 0 bridgehead atoms. The molecule has 4 rings (SSSR count). The first kappa shape index (κ1) is 15.8. The Morgan fingerprint density at radius 1 is 0.840 bits per heavy atom. The number of hydrogen-bond acceptors (Lipinski definition) is 3. The molecule has 2 amide bonds. The largest absolute Gasteiger partial charge is 0.338 e. The third kappa shape index (κ3) is 2.90. The molecule has 5 nitrogen and oxygen atoms in total. The SMILES string of the molecule is O=C(c1ccncc1)N1CCN(C(=O)C2(c3ccccc3)CC2)CC1. The van der Waals surface area contributed by atoms with Gasteiger partial charge >= 0.3 is 0 Å². The molecule has 1 aromatic carbocycles.